The molecule has 0 aromatic carbocycles. The van der Waals surface area contributed by atoms with Crippen LogP contribution in [0.2, 0.25) is 0 Å². The fraction of sp³-hybridized carbons (Fsp3) is 0.583. The number of likely N-dealkylation sites (tertiary alicyclic amines) is 1. The topological polar surface area (TPSA) is 54.6 Å². The van der Waals surface area contributed by atoms with Crippen molar-refractivity contribution < 1.29 is 14.3 Å². The standard InChI is InChI=1S/C12H16N2O3/c1-16-11-5-14(10-7-17-6-8(10)11)12(15)9-3-2-4-13-9/h2-4,8,10-11,13H,5-7H2,1H3/t8-,10+,11-/m1/s1. The molecule has 0 bridgehead atoms. The molecule has 3 atom stereocenters. The van der Waals surface area contributed by atoms with E-state index in [1.165, 1.54) is 0 Å². The minimum Gasteiger partial charge on any atom is -0.379 e. The van der Waals surface area contributed by atoms with Crippen LogP contribution in [0.5, 0.6) is 0 Å². The van der Waals surface area contributed by atoms with Crippen molar-refractivity contribution in [3.63, 3.8) is 0 Å². The van der Waals surface area contributed by atoms with E-state index in [0.717, 1.165) is 0 Å². The Morgan fingerprint density at radius 1 is 1.59 bits per heavy atom. The van der Waals surface area contributed by atoms with Crippen molar-refractivity contribution >= 4 is 5.91 Å². The van der Waals surface area contributed by atoms with Gasteiger partial charge in [0.2, 0.25) is 0 Å². The van der Waals surface area contributed by atoms with E-state index in [4.69, 9.17) is 9.47 Å². The predicted octanol–water partition coefficient (Wildman–Crippen LogP) is 0.500. The summed E-state index contributed by atoms with van der Waals surface area (Å²) in [6.45, 7) is 1.97. The number of amides is 1. The van der Waals surface area contributed by atoms with Crippen LogP contribution < -0.4 is 0 Å². The molecule has 0 aliphatic carbocycles. The Kier molecular flexibility index (Phi) is 2.64. The normalized spacial score (nSPS) is 31.8. The molecule has 0 radical (unpaired) electrons. The molecule has 1 aromatic rings. The van der Waals surface area contributed by atoms with Crippen molar-refractivity contribution in [2.24, 2.45) is 5.92 Å². The molecule has 2 aliphatic heterocycles. The summed E-state index contributed by atoms with van der Waals surface area (Å²) in [5.74, 6) is 0.356. The lowest BCUT2D eigenvalue weighted by atomic mass is 10.0. The van der Waals surface area contributed by atoms with Gasteiger partial charge in [0.05, 0.1) is 25.4 Å². The molecular weight excluding hydrogens is 220 g/mol. The Balaban J connectivity index is 1.82. The van der Waals surface area contributed by atoms with Gasteiger partial charge in [-0.05, 0) is 12.1 Å². The molecule has 0 unspecified atom stereocenters. The number of carbonyl (C=O) groups is 1. The molecule has 5 nitrogen and oxygen atoms in total. The largest absolute Gasteiger partial charge is 0.379 e. The van der Waals surface area contributed by atoms with Crippen LogP contribution in [0, 0.1) is 5.92 Å². The first-order valence-corrected chi connectivity index (χ1v) is 5.86. The van der Waals surface area contributed by atoms with Gasteiger partial charge < -0.3 is 19.4 Å². The fourth-order valence-corrected chi connectivity index (χ4v) is 2.80. The monoisotopic (exact) mass is 236 g/mol. The van der Waals surface area contributed by atoms with E-state index < -0.39 is 0 Å². The van der Waals surface area contributed by atoms with E-state index in [-0.39, 0.29) is 18.1 Å². The first-order valence-electron chi connectivity index (χ1n) is 5.86. The van der Waals surface area contributed by atoms with Crippen LogP contribution in [0.1, 0.15) is 10.5 Å². The number of hydrogen-bond donors (Lipinski definition) is 1. The molecule has 5 heteroatoms. The number of aromatic nitrogens is 1. The van der Waals surface area contributed by atoms with E-state index in [1.54, 1.807) is 19.4 Å². The number of H-pyrrole nitrogens is 1. The second kappa shape index (κ2) is 4.16. The van der Waals surface area contributed by atoms with Crippen molar-refractivity contribution in [1.82, 2.24) is 9.88 Å². The summed E-state index contributed by atoms with van der Waals surface area (Å²) in [6, 6.07) is 3.79. The van der Waals surface area contributed by atoms with Crippen LogP contribution in [0.15, 0.2) is 18.3 Å². The number of nitrogens with one attached hydrogen (secondary N) is 1. The third-order valence-corrected chi connectivity index (χ3v) is 3.74. The maximum atomic E-state index is 12.3. The van der Waals surface area contributed by atoms with Crippen molar-refractivity contribution in [1.29, 1.82) is 0 Å². The maximum Gasteiger partial charge on any atom is 0.270 e. The number of aromatic amines is 1. The average molecular weight is 236 g/mol. The van der Waals surface area contributed by atoms with Crippen LogP contribution in [0.25, 0.3) is 0 Å². The number of carbonyl (C=O) groups excluding carboxylic acids is 1. The number of nitrogens with zero attached hydrogens (tertiary/aromatic N) is 1. The molecule has 1 N–H and O–H groups in total. The number of hydrogen-bond acceptors (Lipinski definition) is 3. The summed E-state index contributed by atoms with van der Waals surface area (Å²) >= 11 is 0. The van der Waals surface area contributed by atoms with Gasteiger partial charge >= 0.3 is 0 Å². The van der Waals surface area contributed by atoms with Crippen molar-refractivity contribution in [2.75, 3.05) is 26.9 Å². The second-order valence-corrected chi connectivity index (χ2v) is 4.58. The van der Waals surface area contributed by atoms with Gasteiger partial charge in [-0.25, -0.2) is 0 Å². The molecule has 1 amide bonds. The minimum absolute atomic E-state index is 0.0371. The lowest BCUT2D eigenvalue weighted by molar-refractivity contribution is 0.0477. The molecule has 2 fully saturated rings. The van der Waals surface area contributed by atoms with E-state index >= 15 is 0 Å². The summed E-state index contributed by atoms with van der Waals surface area (Å²) in [4.78, 5) is 17.1. The number of methoxy groups -OCH3 is 1. The van der Waals surface area contributed by atoms with E-state index in [2.05, 4.69) is 4.98 Å². The van der Waals surface area contributed by atoms with Gasteiger partial charge in [0.15, 0.2) is 0 Å². The highest BCUT2D eigenvalue weighted by Crippen LogP contribution is 2.32. The molecule has 2 aliphatic rings. The smallest absolute Gasteiger partial charge is 0.270 e. The van der Waals surface area contributed by atoms with Crippen molar-refractivity contribution in [3.8, 4) is 0 Å². The van der Waals surface area contributed by atoms with Gasteiger partial charge in [0.1, 0.15) is 5.69 Å². The SMILES string of the molecule is CO[C@@H]1CN(C(=O)c2ccc[nH]2)[C@H]2COC[C@@H]12. The maximum absolute atomic E-state index is 12.3. The number of fused-ring (bicyclic) bond motifs is 1. The molecule has 1 aromatic heterocycles. The average Bonchev–Trinajstić information content (AvgIpc) is 3.05. The van der Waals surface area contributed by atoms with Gasteiger partial charge in [-0.1, -0.05) is 0 Å². The zero-order valence-electron chi connectivity index (χ0n) is 9.76. The van der Waals surface area contributed by atoms with Gasteiger partial charge in [0, 0.05) is 25.8 Å². The summed E-state index contributed by atoms with van der Waals surface area (Å²) in [6.07, 6.45) is 1.86. The number of rotatable bonds is 2. The fourth-order valence-electron chi connectivity index (χ4n) is 2.80. The Hall–Kier alpha value is -1.33. The zero-order chi connectivity index (χ0) is 11.8. The Bertz CT molecular complexity index is 404. The summed E-state index contributed by atoms with van der Waals surface area (Å²) in [5, 5.41) is 0. The minimum atomic E-state index is 0.0371. The van der Waals surface area contributed by atoms with E-state index in [1.807, 2.05) is 11.0 Å². The van der Waals surface area contributed by atoms with Crippen LogP contribution in [0.4, 0.5) is 0 Å². The lowest BCUT2D eigenvalue weighted by Gasteiger charge is -2.21. The molecule has 3 heterocycles. The van der Waals surface area contributed by atoms with Crippen LogP contribution >= 0.6 is 0 Å². The van der Waals surface area contributed by atoms with Gasteiger partial charge in [-0.15, -0.1) is 0 Å². The van der Waals surface area contributed by atoms with Gasteiger partial charge in [0.25, 0.3) is 5.91 Å². The Morgan fingerprint density at radius 2 is 2.47 bits per heavy atom. The molecular formula is C12H16N2O3. The second-order valence-electron chi connectivity index (χ2n) is 4.58. The first-order chi connectivity index (χ1) is 8.31. The Morgan fingerprint density at radius 3 is 3.18 bits per heavy atom. The van der Waals surface area contributed by atoms with Gasteiger partial charge in [-0.3, -0.25) is 4.79 Å². The van der Waals surface area contributed by atoms with Crippen molar-refractivity contribution in [3.05, 3.63) is 24.0 Å². The van der Waals surface area contributed by atoms with Crippen LogP contribution in [0.3, 0.4) is 0 Å². The zero-order valence-corrected chi connectivity index (χ0v) is 9.76. The molecule has 17 heavy (non-hydrogen) atoms. The summed E-state index contributed by atoms with van der Waals surface area (Å²) < 4.78 is 10.9. The number of ether oxygens (including phenoxy) is 2. The highest BCUT2D eigenvalue weighted by Gasteiger charge is 2.47. The van der Waals surface area contributed by atoms with Crippen LogP contribution in [-0.4, -0.2) is 54.8 Å². The highest BCUT2D eigenvalue weighted by molar-refractivity contribution is 5.93. The molecule has 3 rings (SSSR count). The molecule has 92 valence electrons. The van der Waals surface area contributed by atoms with Crippen LogP contribution in [-0.2, 0) is 9.47 Å². The third kappa shape index (κ3) is 1.66. The molecule has 0 spiro atoms. The van der Waals surface area contributed by atoms with Gasteiger partial charge in [-0.2, -0.15) is 0 Å². The summed E-state index contributed by atoms with van der Waals surface area (Å²) in [5.41, 5.74) is 0.632. The first kappa shape index (κ1) is 10.8. The summed E-state index contributed by atoms with van der Waals surface area (Å²) in [7, 11) is 1.70. The third-order valence-electron chi connectivity index (χ3n) is 3.74. The molecule has 0 saturated carbocycles. The van der Waals surface area contributed by atoms with Crippen molar-refractivity contribution in [2.45, 2.75) is 12.1 Å². The van der Waals surface area contributed by atoms with E-state index in [0.29, 0.717) is 31.4 Å². The highest BCUT2D eigenvalue weighted by atomic mass is 16.5. The quantitative estimate of drug-likeness (QED) is 0.813. The van der Waals surface area contributed by atoms with E-state index in [9.17, 15) is 4.79 Å². The Labute approximate surface area is 99.7 Å². The lowest BCUT2D eigenvalue weighted by Crippen LogP contribution is -2.38. The predicted molar refractivity (Wildman–Crippen MR) is 60.7 cm³/mol. The molecule has 2 saturated heterocycles.